The van der Waals surface area contributed by atoms with Crippen LogP contribution in [0.5, 0.6) is 0 Å². The summed E-state index contributed by atoms with van der Waals surface area (Å²) in [5, 5.41) is 0.936. The summed E-state index contributed by atoms with van der Waals surface area (Å²) in [5.74, 6) is 0.781. The van der Waals surface area contributed by atoms with Crippen LogP contribution < -0.4 is 4.90 Å². The number of anilines is 1. The number of thiazole rings is 1. The van der Waals surface area contributed by atoms with Gasteiger partial charge in [0.1, 0.15) is 0 Å². The van der Waals surface area contributed by atoms with Gasteiger partial charge in [-0.2, -0.15) is 0 Å². The number of hydrogen-bond donors (Lipinski definition) is 0. The first-order chi connectivity index (χ1) is 9.70. The monoisotopic (exact) mass is 286 g/mol. The van der Waals surface area contributed by atoms with Crippen molar-refractivity contribution in [1.82, 2.24) is 4.98 Å². The lowest BCUT2D eigenvalue weighted by atomic mass is 10.1. The lowest BCUT2D eigenvalue weighted by Crippen LogP contribution is -2.30. The van der Waals surface area contributed by atoms with Crippen LogP contribution in [-0.2, 0) is 0 Å². The predicted octanol–water partition coefficient (Wildman–Crippen LogP) is 3.86. The van der Waals surface area contributed by atoms with Gasteiger partial charge in [-0.15, -0.1) is 0 Å². The molecule has 0 N–H and O–H groups in total. The molecule has 1 aliphatic rings. The average Bonchev–Trinajstić information content (AvgIpc) is 3.25. The molecule has 20 heavy (non-hydrogen) atoms. The van der Waals surface area contributed by atoms with E-state index in [9.17, 15) is 4.79 Å². The maximum absolute atomic E-state index is 11.3. The Hall–Kier alpha value is -1.68. The number of rotatable bonds is 5. The topological polar surface area (TPSA) is 33.2 Å². The molecule has 1 aliphatic carbocycles. The number of aromatic nitrogens is 1. The molecule has 0 radical (unpaired) electrons. The standard InChI is InChI=1S/C16H18N2OS/c1-11(12-8-9-12)18(2)16-17-15(14(10-19)20-16)13-6-4-3-5-7-13/h3-7,10-12H,8-9H2,1-2H3. The zero-order valence-electron chi connectivity index (χ0n) is 11.7. The van der Waals surface area contributed by atoms with Gasteiger partial charge in [-0.05, 0) is 25.7 Å². The van der Waals surface area contributed by atoms with Gasteiger partial charge in [0.05, 0.1) is 10.6 Å². The van der Waals surface area contributed by atoms with Gasteiger partial charge in [-0.1, -0.05) is 41.7 Å². The first kappa shape index (κ1) is 13.3. The maximum atomic E-state index is 11.3. The lowest BCUT2D eigenvalue weighted by molar-refractivity contribution is 0.112. The first-order valence-corrected chi connectivity index (χ1v) is 7.76. The van der Waals surface area contributed by atoms with Crippen LogP contribution in [0, 0.1) is 5.92 Å². The number of nitrogens with zero attached hydrogens (tertiary/aromatic N) is 2. The zero-order chi connectivity index (χ0) is 14.1. The molecule has 0 saturated heterocycles. The van der Waals surface area contributed by atoms with Crippen molar-refractivity contribution in [3.63, 3.8) is 0 Å². The van der Waals surface area contributed by atoms with E-state index in [0.717, 1.165) is 28.6 Å². The molecular weight excluding hydrogens is 268 g/mol. The second-order valence-corrected chi connectivity index (χ2v) is 6.39. The Kier molecular flexibility index (Phi) is 3.57. The van der Waals surface area contributed by atoms with Gasteiger partial charge in [0.15, 0.2) is 11.4 Å². The van der Waals surface area contributed by atoms with Gasteiger partial charge in [0, 0.05) is 18.7 Å². The molecule has 1 aromatic carbocycles. The summed E-state index contributed by atoms with van der Waals surface area (Å²) in [6.07, 6.45) is 3.53. The number of aldehydes is 1. The lowest BCUT2D eigenvalue weighted by Gasteiger charge is -2.23. The highest BCUT2D eigenvalue weighted by molar-refractivity contribution is 7.17. The van der Waals surface area contributed by atoms with Crippen molar-refractivity contribution < 1.29 is 4.79 Å². The molecule has 0 spiro atoms. The molecule has 1 saturated carbocycles. The van der Waals surface area contributed by atoms with Crippen molar-refractivity contribution in [3.05, 3.63) is 35.2 Å². The SMILES string of the molecule is CC(C1CC1)N(C)c1nc(-c2ccccc2)c(C=O)s1. The van der Waals surface area contributed by atoms with Gasteiger partial charge in [-0.3, -0.25) is 4.79 Å². The first-order valence-electron chi connectivity index (χ1n) is 6.95. The molecule has 4 heteroatoms. The third-order valence-corrected chi connectivity index (χ3v) is 5.08. The quantitative estimate of drug-likeness (QED) is 0.783. The number of carbonyl (C=O) groups excluding carboxylic acids is 1. The summed E-state index contributed by atoms with van der Waals surface area (Å²) in [6.45, 7) is 2.24. The molecule has 1 fully saturated rings. The van der Waals surface area contributed by atoms with E-state index >= 15 is 0 Å². The molecule has 0 aliphatic heterocycles. The van der Waals surface area contributed by atoms with E-state index in [1.165, 1.54) is 24.2 Å². The molecule has 0 bridgehead atoms. The molecule has 3 rings (SSSR count). The third-order valence-electron chi connectivity index (χ3n) is 4.01. The van der Waals surface area contributed by atoms with Gasteiger partial charge >= 0.3 is 0 Å². The Bertz CT molecular complexity index is 604. The van der Waals surface area contributed by atoms with Crippen LogP contribution in [0.2, 0.25) is 0 Å². The molecule has 104 valence electrons. The van der Waals surface area contributed by atoms with Crippen LogP contribution in [0.25, 0.3) is 11.3 Å². The minimum atomic E-state index is 0.490. The van der Waals surface area contributed by atoms with Gasteiger partial charge in [0.2, 0.25) is 0 Å². The summed E-state index contributed by atoms with van der Waals surface area (Å²) in [5.41, 5.74) is 1.81. The Morgan fingerprint density at radius 1 is 1.35 bits per heavy atom. The summed E-state index contributed by atoms with van der Waals surface area (Å²) < 4.78 is 0. The fraction of sp³-hybridized carbons (Fsp3) is 0.375. The van der Waals surface area contributed by atoms with Gasteiger partial charge in [-0.25, -0.2) is 4.98 Å². The van der Waals surface area contributed by atoms with Crippen molar-refractivity contribution in [2.75, 3.05) is 11.9 Å². The fourth-order valence-electron chi connectivity index (χ4n) is 2.42. The molecule has 3 nitrogen and oxygen atoms in total. The highest BCUT2D eigenvalue weighted by Gasteiger charge is 2.32. The second-order valence-electron chi connectivity index (χ2n) is 5.38. The smallest absolute Gasteiger partial charge is 0.186 e. The summed E-state index contributed by atoms with van der Waals surface area (Å²) in [6, 6.07) is 10.4. The van der Waals surface area contributed by atoms with E-state index in [0.29, 0.717) is 10.9 Å². The molecule has 1 aromatic heterocycles. The minimum absolute atomic E-state index is 0.490. The van der Waals surface area contributed by atoms with Crippen LogP contribution in [0.1, 0.15) is 29.4 Å². The largest absolute Gasteiger partial charge is 0.348 e. The summed E-state index contributed by atoms with van der Waals surface area (Å²) in [7, 11) is 2.07. The fourth-order valence-corrected chi connectivity index (χ4v) is 3.38. The molecule has 2 aromatic rings. The Morgan fingerprint density at radius 2 is 2.05 bits per heavy atom. The normalized spacial score (nSPS) is 15.9. The van der Waals surface area contributed by atoms with E-state index in [2.05, 4.69) is 18.9 Å². The van der Waals surface area contributed by atoms with Crippen LogP contribution in [0.4, 0.5) is 5.13 Å². The Labute approximate surface area is 123 Å². The van der Waals surface area contributed by atoms with Crippen molar-refractivity contribution >= 4 is 22.8 Å². The van der Waals surface area contributed by atoms with Crippen LogP contribution in [-0.4, -0.2) is 24.4 Å². The van der Waals surface area contributed by atoms with Gasteiger partial charge in [0.25, 0.3) is 0 Å². The molecule has 0 amide bonds. The average molecular weight is 286 g/mol. The molecule has 1 atom stereocenters. The number of benzene rings is 1. The summed E-state index contributed by atoms with van der Waals surface area (Å²) in [4.78, 5) is 18.9. The number of hydrogen-bond acceptors (Lipinski definition) is 4. The minimum Gasteiger partial charge on any atom is -0.348 e. The summed E-state index contributed by atoms with van der Waals surface area (Å²) >= 11 is 1.48. The van der Waals surface area contributed by atoms with Crippen LogP contribution >= 0.6 is 11.3 Å². The van der Waals surface area contributed by atoms with Crippen LogP contribution in [0.15, 0.2) is 30.3 Å². The van der Waals surface area contributed by atoms with Crippen molar-refractivity contribution in [1.29, 1.82) is 0 Å². The highest BCUT2D eigenvalue weighted by Crippen LogP contribution is 2.38. The third kappa shape index (κ3) is 2.48. The second kappa shape index (κ2) is 5.37. The predicted molar refractivity (Wildman–Crippen MR) is 83.5 cm³/mol. The highest BCUT2D eigenvalue weighted by atomic mass is 32.1. The molecule has 1 unspecified atom stereocenters. The zero-order valence-corrected chi connectivity index (χ0v) is 12.6. The molecule has 1 heterocycles. The Morgan fingerprint density at radius 3 is 2.65 bits per heavy atom. The number of carbonyl (C=O) groups is 1. The van der Waals surface area contributed by atoms with E-state index in [1.54, 1.807) is 0 Å². The van der Waals surface area contributed by atoms with E-state index in [4.69, 9.17) is 4.98 Å². The van der Waals surface area contributed by atoms with E-state index < -0.39 is 0 Å². The van der Waals surface area contributed by atoms with Crippen molar-refractivity contribution in [3.8, 4) is 11.3 Å². The molecular formula is C16H18N2OS. The van der Waals surface area contributed by atoms with E-state index in [-0.39, 0.29) is 0 Å². The maximum Gasteiger partial charge on any atom is 0.186 e. The van der Waals surface area contributed by atoms with E-state index in [1.807, 2.05) is 30.3 Å². The Balaban J connectivity index is 1.94. The van der Waals surface area contributed by atoms with Gasteiger partial charge < -0.3 is 4.90 Å². The van der Waals surface area contributed by atoms with Crippen molar-refractivity contribution in [2.45, 2.75) is 25.8 Å². The van der Waals surface area contributed by atoms with Crippen LogP contribution in [0.3, 0.4) is 0 Å². The van der Waals surface area contributed by atoms with Crippen molar-refractivity contribution in [2.24, 2.45) is 5.92 Å².